The lowest BCUT2D eigenvalue weighted by molar-refractivity contribution is 0.0949. The molecule has 0 spiro atoms. The fourth-order valence-electron chi connectivity index (χ4n) is 2.80. The van der Waals surface area contributed by atoms with Gasteiger partial charge >= 0.3 is 0 Å². The van der Waals surface area contributed by atoms with Crippen molar-refractivity contribution in [3.63, 3.8) is 0 Å². The number of benzene rings is 2. The lowest BCUT2D eigenvalue weighted by Crippen LogP contribution is -2.19. The topological polar surface area (TPSA) is 94.3 Å². The number of rotatable bonds is 6. The number of hydrazone groups is 1. The number of ether oxygens (including phenoxy) is 1. The molecular weight excluding hydrogens is 380 g/mol. The summed E-state index contributed by atoms with van der Waals surface area (Å²) in [4.78, 5) is 20.0. The molecule has 0 aliphatic heterocycles. The number of carbonyl (C=O) groups excluding carboxylic acids is 1. The van der Waals surface area contributed by atoms with Gasteiger partial charge in [0, 0.05) is 29.7 Å². The predicted molar refractivity (Wildman–Crippen MR) is 113 cm³/mol. The summed E-state index contributed by atoms with van der Waals surface area (Å²) < 4.78 is 7.00. The summed E-state index contributed by atoms with van der Waals surface area (Å²) in [5, 5.41) is 8.79. The molecule has 0 bridgehead atoms. The molecule has 0 saturated carbocycles. The second-order valence-corrected chi connectivity index (χ2v) is 6.23. The first-order valence-electron chi connectivity index (χ1n) is 9.13. The molecule has 2 aromatic carbocycles. The first kappa shape index (κ1) is 19.0. The summed E-state index contributed by atoms with van der Waals surface area (Å²) in [5.41, 5.74) is 5.92. The van der Waals surface area contributed by atoms with Crippen molar-refractivity contribution in [1.82, 2.24) is 25.2 Å². The number of aromatic nitrogens is 4. The zero-order chi connectivity index (χ0) is 20.8. The van der Waals surface area contributed by atoms with E-state index in [1.54, 1.807) is 18.0 Å². The van der Waals surface area contributed by atoms with Crippen LogP contribution in [0.3, 0.4) is 0 Å². The van der Waals surface area contributed by atoms with Gasteiger partial charge in [-0.05, 0) is 36.4 Å². The number of nitrogens with zero attached hydrogens (tertiary/aromatic N) is 5. The smallest absolute Gasteiger partial charge is 0.291 e. The first-order chi connectivity index (χ1) is 14.7. The Labute approximate surface area is 172 Å². The van der Waals surface area contributed by atoms with Crippen molar-refractivity contribution in [1.29, 1.82) is 0 Å². The van der Waals surface area contributed by atoms with Crippen LogP contribution < -0.4 is 10.2 Å². The lowest BCUT2D eigenvalue weighted by Gasteiger charge is -2.02. The van der Waals surface area contributed by atoms with Crippen LogP contribution in [0.1, 0.15) is 16.1 Å². The Bertz CT molecular complexity index is 1160. The number of hydrogen-bond acceptors (Lipinski definition) is 6. The van der Waals surface area contributed by atoms with Crippen molar-refractivity contribution < 1.29 is 9.53 Å². The van der Waals surface area contributed by atoms with E-state index in [1.165, 1.54) is 18.6 Å². The van der Waals surface area contributed by atoms with E-state index >= 15 is 0 Å². The maximum Gasteiger partial charge on any atom is 0.291 e. The van der Waals surface area contributed by atoms with Crippen LogP contribution in [0.2, 0.25) is 0 Å². The molecule has 0 radical (unpaired) electrons. The van der Waals surface area contributed by atoms with Gasteiger partial charge in [0.25, 0.3) is 5.91 Å². The molecule has 0 saturated heterocycles. The molecule has 2 heterocycles. The summed E-state index contributed by atoms with van der Waals surface area (Å²) in [5.74, 6) is 0.313. The number of nitrogens with one attached hydrogen (secondary N) is 1. The Kier molecular flexibility index (Phi) is 5.56. The summed E-state index contributed by atoms with van der Waals surface area (Å²) >= 11 is 0. The SMILES string of the molecule is COc1ccc(-c2nn(-c3ccccc3)cc2/C=N\NC(=O)c2cnccn2)cc1. The molecule has 8 heteroatoms. The van der Waals surface area contributed by atoms with Crippen molar-refractivity contribution in [3.05, 3.63) is 90.6 Å². The minimum absolute atomic E-state index is 0.185. The molecule has 0 aliphatic carbocycles. The van der Waals surface area contributed by atoms with Gasteiger partial charge in [-0.3, -0.25) is 9.78 Å². The Morgan fingerprint density at radius 2 is 1.90 bits per heavy atom. The molecule has 8 nitrogen and oxygen atoms in total. The van der Waals surface area contributed by atoms with Crippen LogP contribution in [0.25, 0.3) is 16.9 Å². The monoisotopic (exact) mass is 398 g/mol. The zero-order valence-corrected chi connectivity index (χ0v) is 16.1. The van der Waals surface area contributed by atoms with Crippen molar-refractivity contribution in [2.24, 2.45) is 5.10 Å². The summed E-state index contributed by atoms with van der Waals surface area (Å²) in [6, 6.07) is 17.3. The van der Waals surface area contributed by atoms with Crippen LogP contribution in [-0.2, 0) is 0 Å². The maximum atomic E-state index is 12.1. The van der Waals surface area contributed by atoms with Crippen LogP contribution in [0.5, 0.6) is 5.75 Å². The number of amides is 1. The van der Waals surface area contributed by atoms with Gasteiger partial charge in [-0.2, -0.15) is 10.2 Å². The van der Waals surface area contributed by atoms with E-state index < -0.39 is 5.91 Å². The minimum atomic E-state index is -0.444. The molecule has 30 heavy (non-hydrogen) atoms. The van der Waals surface area contributed by atoms with E-state index in [2.05, 4.69) is 20.5 Å². The van der Waals surface area contributed by atoms with Crippen LogP contribution in [0, 0.1) is 0 Å². The molecule has 0 atom stereocenters. The van der Waals surface area contributed by atoms with Gasteiger partial charge in [-0.15, -0.1) is 0 Å². The van der Waals surface area contributed by atoms with Crippen molar-refractivity contribution in [3.8, 4) is 22.7 Å². The number of methoxy groups -OCH3 is 1. The molecule has 2 aromatic heterocycles. The molecule has 4 aromatic rings. The quantitative estimate of drug-likeness (QED) is 0.398. The third-order valence-electron chi connectivity index (χ3n) is 4.29. The van der Waals surface area contributed by atoms with Crippen LogP contribution >= 0.6 is 0 Å². The standard InChI is InChI=1S/C22H18N6O2/c1-30-19-9-7-16(8-10-19)21-17(15-28(27-21)18-5-3-2-4-6-18)13-25-26-22(29)20-14-23-11-12-24-20/h2-15H,1H3,(H,26,29)/b25-13-. The molecular formula is C22H18N6O2. The Balaban J connectivity index is 1.64. The summed E-state index contributed by atoms with van der Waals surface area (Å²) in [6.45, 7) is 0. The second-order valence-electron chi connectivity index (χ2n) is 6.23. The average Bonchev–Trinajstić information content (AvgIpc) is 3.24. The molecule has 1 N–H and O–H groups in total. The summed E-state index contributed by atoms with van der Waals surface area (Å²) in [6.07, 6.45) is 7.73. The molecule has 0 fully saturated rings. The van der Waals surface area contributed by atoms with E-state index in [1.807, 2.05) is 60.8 Å². The Hall–Kier alpha value is -4.33. The van der Waals surface area contributed by atoms with E-state index in [-0.39, 0.29) is 5.69 Å². The van der Waals surface area contributed by atoms with E-state index in [0.29, 0.717) is 0 Å². The highest BCUT2D eigenvalue weighted by Gasteiger charge is 2.12. The third kappa shape index (κ3) is 4.22. The van der Waals surface area contributed by atoms with E-state index in [9.17, 15) is 4.79 Å². The van der Waals surface area contributed by atoms with Crippen LogP contribution in [-0.4, -0.2) is 39.0 Å². The van der Waals surface area contributed by atoms with Crippen molar-refractivity contribution in [2.75, 3.05) is 7.11 Å². The molecule has 0 unspecified atom stereocenters. The Morgan fingerprint density at radius 1 is 1.10 bits per heavy atom. The van der Waals surface area contributed by atoms with Gasteiger partial charge in [0.1, 0.15) is 17.1 Å². The minimum Gasteiger partial charge on any atom is -0.497 e. The normalized spacial score (nSPS) is 10.8. The zero-order valence-electron chi connectivity index (χ0n) is 16.1. The van der Waals surface area contributed by atoms with Gasteiger partial charge in [0.15, 0.2) is 0 Å². The first-order valence-corrected chi connectivity index (χ1v) is 9.13. The molecule has 148 valence electrons. The number of hydrogen-bond donors (Lipinski definition) is 1. The molecule has 1 amide bonds. The summed E-state index contributed by atoms with van der Waals surface area (Å²) in [7, 11) is 1.62. The molecule has 4 rings (SSSR count). The number of carbonyl (C=O) groups is 1. The third-order valence-corrected chi connectivity index (χ3v) is 4.29. The highest BCUT2D eigenvalue weighted by atomic mass is 16.5. The van der Waals surface area contributed by atoms with Gasteiger partial charge in [0.2, 0.25) is 0 Å². The van der Waals surface area contributed by atoms with Gasteiger partial charge in [0.05, 0.1) is 25.2 Å². The maximum absolute atomic E-state index is 12.1. The van der Waals surface area contributed by atoms with Crippen LogP contribution in [0.4, 0.5) is 0 Å². The van der Waals surface area contributed by atoms with Gasteiger partial charge < -0.3 is 4.74 Å². The fraction of sp³-hybridized carbons (Fsp3) is 0.0455. The largest absolute Gasteiger partial charge is 0.497 e. The van der Waals surface area contributed by atoms with Gasteiger partial charge in [-0.1, -0.05) is 18.2 Å². The number of para-hydroxylation sites is 1. The van der Waals surface area contributed by atoms with Crippen molar-refractivity contribution in [2.45, 2.75) is 0 Å². The highest BCUT2D eigenvalue weighted by molar-refractivity contribution is 5.94. The fourth-order valence-corrected chi connectivity index (χ4v) is 2.80. The van der Waals surface area contributed by atoms with Gasteiger partial charge in [-0.25, -0.2) is 15.1 Å². The van der Waals surface area contributed by atoms with Crippen LogP contribution in [0.15, 0.2) is 84.5 Å². The lowest BCUT2D eigenvalue weighted by atomic mass is 10.1. The van der Waals surface area contributed by atoms with E-state index in [0.717, 1.165) is 28.3 Å². The van der Waals surface area contributed by atoms with E-state index in [4.69, 9.17) is 9.84 Å². The Morgan fingerprint density at radius 3 is 2.60 bits per heavy atom. The second kappa shape index (κ2) is 8.78. The highest BCUT2D eigenvalue weighted by Crippen LogP contribution is 2.25. The van der Waals surface area contributed by atoms with Crippen molar-refractivity contribution >= 4 is 12.1 Å². The molecule has 0 aliphatic rings. The predicted octanol–water partition coefficient (Wildman–Crippen LogP) is 3.10. The average molecular weight is 398 g/mol.